The minimum atomic E-state index is -0.557. The summed E-state index contributed by atoms with van der Waals surface area (Å²) in [5.41, 5.74) is 6.51. The molecule has 0 amide bonds. The summed E-state index contributed by atoms with van der Waals surface area (Å²) in [7, 11) is 1.30. The number of anilines is 1. The Kier molecular flexibility index (Phi) is 4.83. The molecule has 3 heterocycles. The number of rotatable bonds is 4. The second-order valence-electron chi connectivity index (χ2n) is 8.55. The number of esters is 1. The quantitative estimate of drug-likeness (QED) is 0.462. The van der Waals surface area contributed by atoms with E-state index in [0.717, 1.165) is 31.9 Å². The monoisotopic (exact) mass is 456 g/mol. The van der Waals surface area contributed by atoms with Gasteiger partial charge in [0, 0.05) is 17.8 Å². The van der Waals surface area contributed by atoms with Gasteiger partial charge in [-0.25, -0.2) is 14.2 Å². The van der Waals surface area contributed by atoms with Crippen LogP contribution < -0.4 is 5.32 Å². The molecule has 3 aromatic heterocycles. The average Bonchev–Trinajstić information content (AvgIpc) is 3.45. The largest absolute Gasteiger partial charge is 0.465 e. The number of ether oxygens (including phenoxy) is 1. The Morgan fingerprint density at radius 1 is 1.21 bits per heavy atom. The van der Waals surface area contributed by atoms with Crippen molar-refractivity contribution in [2.75, 3.05) is 12.4 Å². The van der Waals surface area contributed by atoms with Gasteiger partial charge in [-0.15, -0.1) is 0 Å². The van der Waals surface area contributed by atoms with Crippen molar-refractivity contribution in [3.8, 4) is 11.4 Å². The van der Waals surface area contributed by atoms with E-state index in [9.17, 15) is 9.18 Å². The van der Waals surface area contributed by atoms with E-state index in [1.54, 1.807) is 0 Å². The second kappa shape index (κ2) is 8.02. The summed E-state index contributed by atoms with van der Waals surface area (Å²) >= 11 is 0. The van der Waals surface area contributed by atoms with E-state index in [-0.39, 0.29) is 23.1 Å². The highest BCUT2D eigenvalue weighted by atomic mass is 19.1. The first-order chi connectivity index (χ1) is 16.6. The molecule has 0 spiro atoms. The Morgan fingerprint density at radius 3 is 2.94 bits per heavy atom. The summed E-state index contributed by atoms with van der Waals surface area (Å²) in [4.78, 5) is 25.3. The fourth-order valence-electron chi connectivity index (χ4n) is 4.88. The lowest BCUT2D eigenvalue weighted by Gasteiger charge is -2.26. The van der Waals surface area contributed by atoms with Gasteiger partial charge >= 0.3 is 5.97 Å². The molecule has 0 radical (unpaired) electrons. The summed E-state index contributed by atoms with van der Waals surface area (Å²) in [6, 6.07) is 9.98. The summed E-state index contributed by atoms with van der Waals surface area (Å²) in [5.74, 6) is -0.379. The molecule has 0 saturated heterocycles. The van der Waals surface area contributed by atoms with E-state index in [1.165, 1.54) is 52.4 Å². The highest BCUT2D eigenvalue weighted by Crippen LogP contribution is 2.42. The minimum Gasteiger partial charge on any atom is -0.465 e. The number of aromatic nitrogens is 5. The second-order valence-corrected chi connectivity index (χ2v) is 8.55. The number of fused-ring (bicyclic) bond motifs is 3. The van der Waals surface area contributed by atoms with Crippen molar-refractivity contribution in [1.29, 1.82) is 0 Å². The number of methoxy groups -OCH3 is 1. The first kappa shape index (κ1) is 20.5. The van der Waals surface area contributed by atoms with Crippen LogP contribution in [-0.4, -0.2) is 43.7 Å². The number of pyridine rings is 1. The molecule has 0 saturated carbocycles. The SMILES string of the molecule is COC(=O)c1cnn2c(N[C@@H]3CCC4=C(C3)c3ccccc3C4)nc(-c3cncc(F)c3)nc12. The molecule has 1 aromatic carbocycles. The number of nitrogens with one attached hydrogen (secondary N) is 1. The van der Waals surface area contributed by atoms with E-state index in [0.29, 0.717) is 11.5 Å². The van der Waals surface area contributed by atoms with Crippen LogP contribution in [0.2, 0.25) is 0 Å². The maximum absolute atomic E-state index is 13.9. The van der Waals surface area contributed by atoms with Crippen molar-refractivity contribution in [2.45, 2.75) is 31.7 Å². The van der Waals surface area contributed by atoms with Gasteiger partial charge in [-0.1, -0.05) is 29.8 Å². The van der Waals surface area contributed by atoms with Gasteiger partial charge in [0.25, 0.3) is 0 Å². The third-order valence-electron chi connectivity index (χ3n) is 6.49. The Labute approximate surface area is 194 Å². The number of nitrogens with zero attached hydrogens (tertiary/aromatic N) is 5. The van der Waals surface area contributed by atoms with Gasteiger partial charge in [-0.3, -0.25) is 4.98 Å². The maximum atomic E-state index is 13.9. The Balaban J connectivity index is 1.39. The van der Waals surface area contributed by atoms with Crippen molar-refractivity contribution in [2.24, 2.45) is 0 Å². The molecule has 2 aliphatic rings. The standard InChI is InChI=1S/C25H21FN6O2/c1-34-24(33)21-13-28-32-23(21)30-22(16-9-17(26)12-27-11-16)31-25(32)29-18-7-6-15-8-14-4-2-3-5-19(14)20(15)10-18/h2-5,9,11-13,18H,6-8,10H2,1H3,(H,29,30,31)/t18-/m1/s1. The van der Waals surface area contributed by atoms with Gasteiger partial charge in [0.1, 0.15) is 11.4 Å². The lowest BCUT2D eigenvalue weighted by molar-refractivity contribution is 0.0602. The Hall–Kier alpha value is -4.14. The van der Waals surface area contributed by atoms with Crippen molar-refractivity contribution >= 4 is 23.1 Å². The van der Waals surface area contributed by atoms with Gasteiger partial charge in [-0.2, -0.15) is 14.6 Å². The van der Waals surface area contributed by atoms with Gasteiger partial charge < -0.3 is 10.1 Å². The predicted molar refractivity (Wildman–Crippen MR) is 124 cm³/mol. The first-order valence-corrected chi connectivity index (χ1v) is 11.1. The lowest BCUT2D eigenvalue weighted by atomic mass is 9.88. The fourth-order valence-corrected chi connectivity index (χ4v) is 4.88. The Bertz CT molecular complexity index is 1480. The molecule has 0 unspecified atom stereocenters. The number of halogens is 1. The van der Waals surface area contributed by atoms with Crippen LogP contribution >= 0.6 is 0 Å². The fraction of sp³-hybridized carbons (Fsp3) is 0.240. The van der Waals surface area contributed by atoms with E-state index in [1.807, 2.05) is 0 Å². The molecule has 9 heteroatoms. The van der Waals surface area contributed by atoms with Crippen LogP contribution in [0, 0.1) is 5.82 Å². The van der Waals surface area contributed by atoms with E-state index in [4.69, 9.17) is 4.74 Å². The van der Waals surface area contributed by atoms with Gasteiger partial charge in [0.05, 0.1) is 19.5 Å². The maximum Gasteiger partial charge on any atom is 0.343 e. The lowest BCUT2D eigenvalue weighted by Crippen LogP contribution is -2.25. The number of carbonyl (C=O) groups excluding carboxylic acids is 1. The van der Waals surface area contributed by atoms with Crippen molar-refractivity contribution in [1.82, 2.24) is 24.6 Å². The first-order valence-electron chi connectivity index (χ1n) is 11.1. The molecule has 0 aliphatic heterocycles. The minimum absolute atomic E-state index is 0.118. The Morgan fingerprint density at radius 2 is 2.09 bits per heavy atom. The normalized spacial score (nSPS) is 16.9. The van der Waals surface area contributed by atoms with Crippen molar-refractivity contribution in [3.63, 3.8) is 0 Å². The summed E-state index contributed by atoms with van der Waals surface area (Å²) < 4.78 is 20.2. The zero-order valence-corrected chi connectivity index (χ0v) is 18.5. The summed E-state index contributed by atoms with van der Waals surface area (Å²) in [6.07, 6.45) is 7.84. The van der Waals surface area contributed by atoms with E-state index >= 15 is 0 Å². The van der Waals surface area contributed by atoms with Gasteiger partial charge in [0.15, 0.2) is 11.5 Å². The smallest absolute Gasteiger partial charge is 0.343 e. The van der Waals surface area contributed by atoms with Crippen LogP contribution in [0.15, 0.2) is 54.5 Å². The van der Waals surface area contributed by atoms with Crippen molar-refractivity contribution < 1.29 is 13.9 Å². The molecule has 6 rings (SSSR count). The summed E-state index contributed by atoms with van der Waals surface area (Å²) in [6.45, 7) is 0. The van der Waals surface area contributed by atoms with E-state index in [2.05, 4.69) is 49.6 Å². The van der Waals surface area contributed by atoms with Crippen LogP contribution in [0.3, 0.4) is 0 Å². The molecule has 1 atom stereocenters. The summed E-state index contributed by atoms with van der Waals surface area (Å²) in [5, 5.41) is 7.85. The molecule has 4 aromatic rings. The number of allylic oxidation sites excluding steroid dienone is 1. The van der Waals surface area contributed by atoms with Crippen LogP contribution in [0.1, 0.15) is 40.7 Å². The number of hydrogen-bond donors (Lipinski definition) is 1. The topological polar surface area (TPSA) is 94.3 Å². The van der Waals surface area contributed by atoms with Crippen LogP contribution in [0.5, 0.6) is 0 Å². The molecular weight excluding hydrogens is 435 g/mol. The molecule has 170 valence electrons. The zero-order valence-electron chi connectivity index (χ0n) is 18.5. The predicted octanol–water partition coefficient (Wildman–Crippen LogP) is 4.09. The van der Waals surface area contributed by atoms with Crippen LogP contribution in [0.25, 0.3) is 22.6 Å². The molecule has 0 fully saturated rings. The molecule has 2 aliphatic carbocycles. The molecular formula is C25H21FN6O2. The zero-order chi connectivity index (χ0) is 23.2. The third-order valence-corrected chi connectivity index (χ3v) is 6.49. The number of benzene rings is 1. The van der Waals surface area contributed by atoms with Gasteiger partial charge in [0.2, 0.25) is 5.95 Å². The van der Waals surface area contributed by atoms with Crippen LogP contribution in [0.4, 0.5) is 10.3 Å². The van der Waals surface area contributed by atoms with E-state index < -0.39 is 11.8 Å². The number of hydrogen-bond acceptors (Lipinski definition) is 7. The van der Waals surface area contributed by atoms with Crippen LogP contribution in [-0.2, 0) is 11.2 Å². The third kappa shape index (κ3) is 3.40. The molecule has 34 heavy (non-hydrogen) atoms. The van der Waals surface area contributed by atoms with Crippen molar-refractivity contribution in [3.05, 3.63) is 77.0 Å². The molecule has 1 N–H and O–H groups in total. The molecule has 0 bridgehead atoms. The average molecular weight is 456 g/mol. The number of carbonyl (C=O) groups is 1. The highest BCUT2D eigenvalue weighted by molar-refractivity contribution is 5.96. The molecule has 8 nitrogen and oxygen atoms in total. The van der Waals surface area contributed by atoms with Gasteiger partial charge in [-0.05, 0) is 48.4 Å². The highest BCUT2D eigenvalue weighted by Gasteiger charge is 2.29.